The average Bonchev–Trinajstić information content (AvgIpc) is 3.59. The number of phenols is 1. The Morgan fingerprint density at radius 1 is 0.790 bits per heavy atom. The number of ether oxygens (including phenoxy) is 6. The smallest absolute Gasteiger partial charge is 0.364 e. The summed E-state index contributed by atoms with van der Waals surface area (Å²) in [4.78, 5) is 62.5. The van der Waals surface area contributed by atoms with E-state index in [1.165, 1.54) is 30.3 Å². The van der Waals surface area contributed by atoms with E-state index in [4.69, 9.17) is 45.1 Å². The maximum atomic E-state index is 13.0. The molecule has 0 unspecified atom stereocenters. The average molecular weight is 1160 g/mol. The topological polar surface area (TPSA) is 445 Å². The van der Waals surface area contributed by atoms with E-state index < -0.39 is 148 Å². The van der Waals surface area contributed by atoms with E-state index in [1.807, 2.05) is 0 Å². The summed E-state index contributed by atoms with van der Waals surface area (Å²) in [5.41, 5.74) is 1.49. The van der Waals surface area contributed by atoms with Crippen LogP contribution in [0.15, 0.2) is 63.8 Å². The predicted molar refractivity (Wildman–Crippen MR) is 281 cm³/mol. The van der Waals surface area contributed by atoms with Crippen LogP contribution in [0.4, 0.5) is 5.69 Å². The zero-order chi connectivity index (χ0) is 59.0. The fourth-order valence-electron chi connectivity index (χ4n) is 10.0. The second kappa shape index (κ2) is 27.3. The van der Waals surface area contributed by atoms with Crippen molar-refractivity contribution in [2.75, 3.05) is 38.3 Å². The van der Waals surface area contributed by atoms with Gasteiger partial charge < -0.3 is 115 Å². The SMILES string of the molecule is CC(=O)N[C@H]1[C@H](OCCCCCCNC(=S)Nc2ccc(-c3c4ccc(=O)cc-4oc4cc(O)ccc34)c(C(=O)O)c2)O[C@H](CO)[C@@H](O)[C@@H]1O[C@@H]1O[C@H](CO)[C@H](O)[C@H](O[C@]2(C(=O)O)C[C@H](O)[C@@H](NC(C)=O)[C@H]([C@@H](O)[C@@H](O)CO)O2)[C@H]1O. The molecule has 16 atom stereocenters. The van der Waals surface area contributed by atoms with Crippen molar-refractivity contribution in [1.82, 2.24) is 16.0 Å². The lowest BCUT2D eigenvalue weighted by Crippen LogP contribution is -2.71. The summed E-state index contributed by atoms with van der Waals surface area (Å²) in [6, 6.07) is 10.2. The van der Waals surface area contributed by atoms with Crippen LogP contribution >= 0.6 is 12.2 Å². The van der Waals surface area contributed by atoms with Crippen LogP contribution in [0.2, 0.25) is 0 Å². The minimum absolute atomic E-state index is 0.00328. The molecule has 3 saturated heterocycles. The van der Waals surface area contributed by atoms with Gasteiger partial charge >= 0.3 is 11.9 Å². The molecule has 2 aromatic rings. The van der Waals surface area contributed by atoms with Gasteiger partial charge in [0.05, 0.1) is 37.5 Å². The number of carbonyl (C=O) groups excluding carboxylic acids is 2. The Kier molecular flexibility index (Phi) is 21.1. The van der Waals surface area contributed by atoms with Crippen molar-refractivity contribution < 1.29 is 113 Å². The molecule has 29 heteroatoms. The number of aromatic hydroxyl groups is 1. The van der Waals surface area contributed by atoms with Gasteiger partial charge in [-0.15, -0.1) is 0 Å². The number of carboxylic acids is 2. The summed E-state index contributed by atoms with van der Waals surface area (Å²) < 4.78 is 40.9. The first-order chi connectivity index (χ1) is 38.5. The molecule has 0 aromatic heterocycles. The van der Waals surface area contributed by atoms with Crippen LogP contribution in [0.25, 0.3) is 33.4 Å². The fourth-order valence-corrected chi connectivity index (χ4v) is 10.2. The number of amides is 2. The quantitative estimate of drug-likeness (QED) is 0.0212. The maximum Gasteiger partial charge on any atom is 0.364 e. The number of phenolic OH excluding ortho intramolecular Hbond substituents is 1. The molecule has 81 heavy (non-hydrogen) atoms. The summed E-state index contributed by atoms with van der Waals surface area (Å²) in [5, 5.41) is 139. The van der Waals surface area contributed by atoms with Crippen LogP contribution in [0, 0.1) is 0 Å². The number of thiocarbonyl (C=S) groups is 1. The summed E-state index contributed by atoms with van der Waals surface area (Å²) in [7, 11) is 0. The Hall–Kier alpha value is -6.10. The Balaban J connectivity index is 0.957. The van der Waals surface area contributed by atoms with Crippen molar-refractivity contribution in [1.29, 1.82) is 0 Å². The van der Waals surface area contributed by atoms with Gasteiger partial charge in [0.15, 0.2) is 23.1 Å². The molecule has 3 fully saturated rings. The Morgan fingerprint density at radius 2 is 1.44 bits per heavy atom. The van der Waals surface area contributed by atoms with Gasteiger partial charge in [-0.2, -0.15) is 0 Å². The zero-order valence-electron chi connectivity index (χ0n) is 43.6. The van der Waals surface area contributed by atoms with Gasteiger partial charge in [-0.1, -0.05) is 18.9 Å². The third kappa shape index (κ3) is 14.4. The number of unbranched alkanes of at least 4 members (excludes halogenated alkanes) is 3. The molecule has 2 amide bonds. The summed E-state index contributed by atoms with van der Waals surface area (Å²) in [5.74, 6) is -7.67. The van der Waals surface area contributed by atoms with Crippen LogP contribution < -0.4 is 26.7 Å². The van der Waals surface area contributed by atoms with Crippen molar-refractivity contribution >= 4 is 57.7 Å². The molecule has 4 heterocycles. The van der Waals surface area contributed by atoms with Crippen LogP contribution in [-0.2, 0) is 42.8 Å². The van der Waals surface area contributed by atoms with Crippen molar-refractivity contribution in [2.24, 2.45) is 0 Å². The molecular weight excluding hydrogens is 1100 g/mol. The van der Waals surface area contributed by atoms with Crippen molar-refractivity contribution in [3.05, 3.63) is 70.4 Å². The van der Waals surface area contributed by atoms with Gasteiger partial charge in [0.25, 0.3) is 5.79 Å². The number of carboxylic acid groups (broad SMARTS) is 2. The highest BCUT2D eigenvalue weighted by Gasteiger charge is 2.60. The van der Waals surface area contributed by atoms with Crippen molar-refractivity contribution in [3.8, 4) is 28.2 Å². The van der Waals surface area contributed by atoms with Gasteiger partial charge in [-0.05, 0) is 67.0 Å². The molecule has 5 aliphatic rings. The van der Waals surface area contributed by atoms with Gasteiger partial charge in [0.2, 0.25) is 11.8 Å². The molecule has 0 bridgehead atoms. The number of nitrogens with one attached hydrogen (secondary N) is 4. The van der Waals surface area contributed by atoms with E-state index in [-0.39, 0.29) is 39.8 Å². The number of anilines is 1. The normalized spacial score (nSPS) is 29.3. The van der Waals surface area contributed by atoms with E-state index in [9.17, 15) is 85.3 Å². The highest BCUT2D eigenvalue weighted by molar-refractivity contribution is 7.80. The number of aliphatic carboxylic acids is 1. The van der Waals surface area contributed by atoms with Gasteiger partial charge in [-0.25, -0.2) is 9.59 Å². The third-order valence-corrected chi connectivity index (χ3v) is 14.2. The number of rotatable bonds is 23. The van der Waals surface area contributed by atoms with E-state index >= 15 is 0 Å². The number of aromatic carboxylic acids is 1. The lowest BCUT2D eigenvalue weighted by Gasteiger charge is -2.51. The molecule has 28 nitrogen and oxygen atoms in total. The minimum atomic E-state index is -3.10. The molecule has 7 rings (SSSR count). The van der Waals surface area contributed by atoms with E-state index in [2.05, 4.69) is 21.3 Å². The van der Waals surface area contributed by atoms with E-state index in [1.54, 1.807) is 24.3 Å². The summed E-state index contributed by atoms with van der Waals surface area (Å²) >= 11 is 5.50. The number of aliphatic hydroxyl groups excluding tert-OH is 9. The maximum absolute atomic E-state index is 13.0. The van der Waals surface area contributed by atoms with Gasteiger partial charge in [-0.3, -0.25) is 14.4 Å². The minimum Gasteiger partial charge on any atom is -0.508 e. The van der Waals surface area contributed by atoms with Gasteiger partial charge in [0.1, 0.15) is 84.2 Å². The van der Waals surface area contributed by atoms with Crippen LogP contribution in [0.3, 0.4) is 0 Å². The Bertz CT molecular complexity index is 2900. The highest BCUT2D eigenvalue weighted by Crippen LogP contribution is 2.43. The number of aliphatic hydroxyl groups is 9. The summed E-state index contributed by atoms with van der Waals surface area (Å²) in [6.45, 7) is -0.359. The standard InChI is InChI=1S/C52H66N4O24S/c1-22(60)54-38-31(64)18-52(50(72)73,79-45(38)40(66)32(65)19-57)80-46-42(68)36(21-59)77-49(43(46)69)78-44-39(55-23(2)61)48(76-35(20-58)41(44)67)74-14-6-4-3-5-13-53-51(81)56-24-7-10-27(30(15-24)47(70)71)37-28-11-8-25(62)16-33(28)75-34-17-26(63)9-12-29(34)37/h7-12,15-17,31-32,35-36,38-46,48-49,57-59,62,64-69H,3-6,13-14,18-21H2,1-2H3,(H,54,60)(H,55,61)(H,70,71)(H,72,73)(H2,53,56,81)/t31-,32-,35+,36+,38+,39+,40-,41+,42-,43+,44+,45+,46-,48+,49-,52-/m0/s1. The van der Waals surface area contributed by atoms with Crippen LogP contribution in [0.5, 0.6) is 5.75 Å². The molecule has 2 aromatic carbocycles. The molecule has 0 spiro atoms. The lowest BCUT2D eigenvalue weighted by atomic mass is 9.88. The predicted octanol–water partition coefficient (Wildman–Crippen LogP) is -2.23. The zero-order valence-corrected chi connectivity index (χ0v) is 44.4. The number of hydrogen-bond donors (Lipinski definition) is 16. The van der Waals surface area contributed by atoms with Crippen molar-refractivity contribution in [3.63, 3.8) is 0 Å². The first-order valence-electron chi connectivity index (χ1n) is 25.8. The van der Waals surface area contributed by atoms with E-state index in [0.717, 1.165) is 13.8 Å². The number of benzene rings is 3. The van der Waals surface area contributed by atoms with Crippen molar-refractivity contribution in [2.45, 2.75) is 144 Å². The molecule has 0 radical (unpaired) electrons. The van der Waals surface area contributed by atoms with E-state index in [0.29, 0.717) is 60.0 Å². The number of carbonyl (C=O) groups is 4. The largest absolute Gasteiger partial charge is 0.508 e. The van der Waals surface area contributed by atoms with Gasteiger partial charge in [0, 0.05) is 67.8 Å². The Morgan fingerprint density at radius 3 is 2.10 bits per heavy atom. The van der Waals surface area contributed by atoms with Crippen LogP contribution in [0.1, 0.15) is 56.3 Å². The highest BCUT2D eigenvalue weighted by atomic mass is 32.1. The Labute approximate surface area is 466 Å². The molecule has 4 aliphatic heterocycles. The third-order valence-electron chi connectivity index (χ3n) is 13.9. The fraction of sp³-hybridized carbons (Fsp3) is 0.538. The van der Waals surface area contributed by atoms with Crippen LogP contribution in [-0.4, -0.2) is 221 Å². The molecule has 1 aliphatic carbocycles. The molecule has 0 saturated carbocycles. The molecular formula is C52H66N4O24S. The monoisotopic (exact) mass is 1160 g/mol. The summed E-state index contributed by atoms with van der Waals surface area (Å²) in [6.07, 6.45) is -23.5. The molecule has 16 N–H and O–H groups in total. The number of fused-ring (bicyclic) bond motifs is 2. The molecule has 444 valence electrons. The lowest BCUT2D eigenvalue weighted by molar-refractivity contribution is -0.381. The number of hydrogen-bond acceptors (Lipinski definition) is 23. The second-order valence-electron chi connectivity index (χ2n) is 19.8. The second-order valence-corrected chi connectivity index (χ2v) is 20.2. The first kappa shape index (κ1) is 62.5. The first-order valence-corrected chi connectivity index (χ1v) is 26.2.